The number of carbonyl (C=O) groups excluding carboxylic acids is 1. The first-order chi connectivity index (χ1) is 9.35. The molecule has 0 bridgehead atoms. The zero-order chi connectivity index (χ0) is 15.3. The Morgan fingerprint density at radius 1 is 1.45 bits per heavy atom. The lowest BCUT2D eigenvalue weighted by molar-refractivity contribution is -0.140. The Hall–Kier alpha value is -2.05. The zero-order valence-electron chi connectivity index (χ0n) is 12.3. The summed E-state index contributed by atoms with van der Waals surface area (Å²) in [7, 11) is 1.82. The van der Waals surface area contributed by atoms with Gasteiger partial charge in [-0.1, -0.05) is 20.8 Å². The molecule has 1 atom stereocenters. The molecule has 1 aromatic rings. The molecule has 2 amide bonds. The van der Waals surface area contributed by atoms with Gasteiger partial charge in [-0.2, -0.15) is 5.10 Å². The highest BCUT2D eigenvalue weighted by Crippen LogP contribution is 2.06. The van der Waals surface area contributed by atoms with Crippen molar-refractivity contribution >= 4 is 12.0 Å². The van der Waals surface area contributed by atoms with Crippen molar-refractivity contribution in [2.24, 2.45) is 13.0 Å². The number of aromatic nitrogens is 2. The summed E-state index contributed by atoms with van der Waals surface area (Å²) in [5.74, 6) is -1.21. The van der Waals surface area contributed by atoms with Gasteiger partial charge in [-0.25, -0.2) is 9.59 Å². The van der Waals surface area contributed by atoms with Gasteiger partial charge in [0.25, 0.3) is 0 Å². The third-order valence-corrected chi connectivity index (χ3v) is 2.99. The van der Waals surface area contributed by atoms with Crippen molar-refractivity contribution in [2.75, 3.05) is 0 Å². The number of rotatable bonds is 6. The molecule has 7 nitrogen and oxygen atoms in total. The normalized spacial score (nSPS) is 12.2. The van der Waals surface area contributed by atoms with E-state index in [1.54, 1.807) is 18.5 Å². The molecule has 0 aliphatic rings. The van der Waals surface area contributed by atoms with Crippen LogP contribution in [0.1, 0.15) is 32.0 Å². The van der Waals surface area contributed by atoms with Gasteiger partial charge in [-0.3, -0.25) is 4.68 Å². The number of nitrogens with one attached hydrogen (secondary N) is 2. The largest absolute Gasteiger partial charge is 0.480 e. The van der Waals surface area contributed by atoms with E-state index >= 15 is 0 Å². The number of carbonyl (C=O) groups is 2. The van der Waals surface area contributed by atoms with Gasteiger partial charge in [0.15, 0.2) is 0 Å². The van der Waals surface area contributed by atoms with E-state index in [1.165, 1.54) is 0 Å². The third-order valence-electron chi connectivity index (χ3n) is 2.99. The highest BCUT2D eigenvalue weighted by molar-refractivity contribution is 5.82. The van der Waals surface area contributed by atoms with Crippen LogP contribution in [0.5, 0.6) is 0 Å². The maximum atomic E-state index is 11.7. The van der Waals surface area contributed by atoms with Crippen LogP contribution in [0, 0.1) is 5.92 Å². The van der Waals surface area contributed by atoms with Crippen LogP contribution in [0.15, 0.2) is 6.20 Å². The summed E-state index contributed by atoms with van der Waals surface area (Å²) in [5.41, 5.74) is 1.85. The fourth-order valence-corrected chi connectivity index (χ4v) is 1.91. The number of hydrogen-bond donors (Lipinski definition) is 3. The van der Waals surface area contributed by atoms with Crippen molar-refractivity contribution in [3.05, 3.63) is 17.5 Å². The van der Waals surface area contributed by atoms with Crippen LogP contribution in [-0.4, -0.2) is 32.9 Å². The summed E-state index contributed by atoms with van der Waals surface area (Å²) in [6.07, 6.45) is 2.62. The summed E-state index contributed by atoms with van der Waals surface area (Å²) in [5, 5.41) is 18.4. The molecule has 0 aromatic carbocycles. The van der Waals surface area contributed by atoms with E-state index in [1.807, 2.05) is 20.2 Å². The molecule has 0 fully saturated rings. The van der Waals surface area contributed by atoms with Gasteiger partial charge in [0.05, 0.1) is 5.69 Å². The highest BCUT2D eigenvalue weighted by atomic mass is 16.4. The fraction of sp³-hybridized carbons (Fsp3) is 0.615. The van der Waals surface area contributed by atoms with Crippen molar-refractivity contribution in [2.45, 2.75) is 39.8 Å². The maximum Gasteiger partial charge on any atom is 0.326 e. The SMILES string of the molecule is CCc1nn(C)cc1CNC(=O)N[C@@H](C(=O)O)C(C)C. The van der Waals surface area contributed by atoms with Gasteiger partial charge >= 0.3 is 12.0 Å². The van der Waals surface area contributed by atoms with Gasteiger partial charge < -0.3 is 15.7 Å². The quantitative estimate of drug-likeness (QED) is 0.722. The van der Waals surface area contributed by atoms with Crippen LogP contribution >= 0.6 is 0 Å². The van der Waals surface area contributed by atoms with E-state index in [9.17, 15) is 9.59 Å². The Balaban J connectivity index is 2.56. The number of aryl methyl sites for hydroxylation is 2. The van der Waals surface area contributed by atoms with E-state index in [0.717, 1.165) is 17.7 Å². The summed E-state index contributed by atoms with van der Waals surface area (Å²) >= 11 is 0. The second-order valence-corrected chi connectivity index (χ2v) is 5.02. The van der Waals surface area contributed by atoms with E-state index in [0.29, 0.717) is 6.54 Å². The monoisotopic (exact) mass is 282 g/mol. The Labute approximate surface area is 118 Å². The number of hydrogen-bond acceptors (Lipinski definition) is 3. The fourth-order valence-electron chi connectivity index (χ4n) is 1.91. The number of amides is 2. The molecule has 1 rings (SSSR count). The first kappa shape index (κ1) is 16.0. The van der Waals surface area contributed by atoms with Crippen LogP contribution < -0.4 is 10.6 Å². The van der Waals surface area contributed by atoms with Crippen molar-refractivity contribution < 1.29 is 14.7 Å². The maximum absolute atomic E-state index is 11.7. The summed E-state index contributed by atoms with van der Waals surface area (Å²) in [6.45, 7) is 5.81. The molecular formula is C13H22N4O3. The van der Waals surface area contributed by atoms with Gasteiger partial charge in [0.2, 0.25) is 0 Å². The third kappa shape index (κ3) is 4.25. The van der Waals surface area contributed by atoms with E-state index in [-0.39, 0.29) is 5.92 Å². The number of urea groups is 1. The molecule has 7 heteroatoms. The van der Waals surface area contributed by atoms with Gasteiger partial charge in [-0.05, 0) is 12.3 Å². The second-order valence-electron chi connectivity index (χ2n) is 5.02. The molecule has 112 valence electrons. The van der Waals surface area contributed by atoms with Crippen molar-refractivity contribution in [3.8, 4) is 0 Å². The van der Waals surface area contributed by atoms with Crippen LogP contribution in [0.2, 0.25) is 0 Å². The zero-order valence-corrected chi connectivity index (χ0v) is 12.3. The molecule has 0 saturated carbocycles. The van der Waals surface area contributed by atoms with Crippen molar-refractivity contribution in [3.63, 3.8) is 0 Å². The molecule has 0 aliphatic carbocycles. The Morgan fingerprint density at radius 2 is 2.10 bits per heavy atom. The Bertz CT molecular complexity index is 482. The Morgan fingerprint density at radius 3 is 2.60 bits per heavy atom. The number of aliphatic carboxylic acids is 1. The average molecular weight is 282 g/mol. The summed E-state index contributed by atoms with van der Waals surface area (Å²) in [6, 6.07) is -1.38. The molecule has 3 N–H and O–H groups in total. The number of carboxylic acids is 1. The minimum Gasteiger partial charge on any atom is -0.480 e. The van der Waals surface area contributed by atoms with Crippen LogP contribution in [0.4, 0.5) is 4.79 Å². The average Bonchev–Trinajstić information content (AvgIpc) is 2.73. The minimum absolute atomic E-state index is 0.178. The van der Waals surface area contributed by atoms with Gasteiger partial charge in [0, 0.05) is 25.4 Å². The topological polar surface area (TPSA) is 96.3 Å². The standard InChI is InChI=1S/C13H22N4O3/c1-5-10-9(7-17(4)16-10)6-14-13(20)15-11(8(2)3)12(18)19/h7-8,11H,5-6H2,1-4H3,(H,18,19)(H2,14,15,20)/t11-/m1/s1. The van der Waals surface area contributed by atoms with Crippen LogP contribution in [0.3, 0.4) is 0 Å². The summed E-state index contributed by atoms with van der Waals surface area (Å²) < 4.78 is 1.70. The molecule has 0 unspecified atom stereocenters. The Kier molecular flexibility index (Phi) is 5.54. The van der Waals surface area contributed by atoms with Crippen LogP contribution in [-0.2, 0) is 24.8 Å². The highest BCUT2D eigenvalue weighted by Gasteiger charge is 2.23. The van der Waals surface area contributed by atoms with Crippen molar-refractivity contribution in [1.29, 1.82) is 0 Å². The first-order valence-corrected chi connectivity index (χ1v) is 6.63. The van der Waals surface area contributed by atoms with Crippen molar-refractivity contribution in [1.82, 2.24) is 20.4 Å². The number of carboxylic acid groups (broad SMARTS) is 1. The van der Waals surface area contributed by atoms with E-state index in [2.05, 4.69) is 15.7 Å². The first-order valence-electron chi connectivity index (χ1n) is 6.63. The number of nitrogens with zero attached hydrogens (tertiary/aromatic N) is 2. The molecule has 1 aromatic heterocycles. The van der Waals surface area contributed by atoms with Crippen LogP contribution in [0.25, 0.3) is 0 Å². The van der Waals surface area contributed by atoms with E-state index in [4.69, 9.17) is 5.11 Å². The van der Waals surface area contributed by atoms with Gasteiger partial charge in [0.1, 0.15) is 6.04 Å². The van der Waals surface area contributed by atoms with E-state index < -0.39 is 18.0 Å². The molecular weight excluding hydrogens is 260 g/mol. The lowest BCUT2D eigenvalue weighted by atomic mass is 10.1. The van der Waals surface area contributed by atoms with Gasteiger partial charge in [-0.15, -0.1) is 0 Å². The lowest BCUT2D eigenvalue weighted by Crippen LogP contribution is -2.48. The summed E-state index contributed by atoms with van der Waals surface area (Å²) in [4.78, 5) is 22.7. The molecule has 0 saturated heterocycles. The molecule has 0 aliphatic heterocycles. The predicted molar refractivity (Wildman–Crippen MR) is 74.2 cm³/mol. The lowest BCUT2D eigenvalue weighted by Gasteiger charge is -2.18. The molecule has 0 radical (unpaired) electrons. The molecule has 1 heterocycles. The molecule has 0 spiro atoms. The predicted octanol–water partition coefficient (Wildman–Crippen LogP) is 0.891. The molecule has 20 heavy (non-hydrogen) atoms. The second kappa shape index (κ2) is 6.93. The minimum atomic E-state index is -1.04. The smallest absolute Gasteiger partial charge is 0.326 e.